The van der Waals surface area contributed by atoms with Gasteiger partial charge in [0.15, 0.2) is 0 Å². The number of urea groups is 1. The maximum Gasteiger partial charge on any atom is 0.320 e. The molecule has 0 spiro atoms. The quantitative estimate of drug-likeness (QED) is 0.850. The molecule has 0 saturated carbocycles. The third-order valence-corrected chi connectivity index (χ3v) is 4.09. The van der Waals surface area contributed by atoms with E-state index in [0.29, 0.717) is 32.7 Å². The molecule has 1 N–H and O–H groups in total. The second-order valence-corrected chi connectivity index (χ2v) is 5.57. The monoisotopic (exact) mass is 284 g/mol. The number of likely N-dealkylation sites (tertiary alicyclic amines) is 2. The first-order valence-electron chi connectivity index (χ1n) is 7.50. The van der Waals surface area contributed by atoms with Gasteiger partial charge in [-0.05, 0) is 32.6 Å². The van der Waals surface area contributed by atoms with Crippen LogP contribution in [0.15, 0.2) is 0 Å². The number of carbonyl (C=O) groups excluding carboxylic acids is 1. The molecule has 0 aliphatic carbocycles. The van der Waals surface area contributed by atoms with E-state index in [1.165, 1.54) is 0 Å². The van der Waals surface area contributed by atoms with Gasteiger partial charge in [0, 0.05) is 32.8 Å². The van der Waals surface area contributed by atoms with Crippen molar-refractivity contribution in [1.29, 1.82) is 0 Å². The molecule has 2 saturated heterocycles. The van der Waals surface area contributed by atoms with Crippen LogP contribution < -0.4 is 0 Å². The van der Waals surface area contributed by atoms with Crippen molar-refractivity contribution in [3.63, 3.8) is 0 Å². The maximum atomic E-state index is 12.5. The van der Waals surface area contributed by atoms with Gasteiger partial charge in [0.1, 0.15) is 0 Å². The van der Waals surface area contributed by atoms with Crippen LogP contribution in [0.5, 0.6) is 0 Å². The summed E-state index contributed by atoms with van der Waals surface area (Å²) in [5.41, 5.74) is 0. The van der Waals surface area contributed by atoms with Gasteiger partial charge in [0.05, 0.1) is 12.0 Å². The Kier molecular flexibility index (Phi) is 5.23. The average Bonchev–Trinajstić information content (AvgIpc) is 2.47. The molecule has 0 aromatic heterocycles. The van der Waals surface area contributed by atoms with E-state index in [2.05, 4.69) is 0 Å². The van der Waals surface area contributed by atoms with E-state index in [1.807, 2.05) is 11.8 Å². The number of ether oxygens (including phenoxy) is 1. The van der Waals surface area contributed by atoms with Crippen LogP contribution in [0, 0.1) is 5.92 Å². The minimum absolute atomic E-state index is 0.0275. The van der Waals surface area contributed by atoms with Gasteiger partial charge in [0.2, 0.25) is 0 Å². The van der Waals surface area contributed by atoms with Crippen LogP contribution in [0.1, 0.15) is 32.6 Å². The first kappa shape index (κ1) is 15.1. The summed E-state index contributed by atoms with van der Waals surface area (Å²) in [5.74, 6) is -1.21. The van der Waals surface area contributed by atoms with E-state index in [1.54, 1.807) is 4.90 Å². The molecule has 0 bridgehead atoms. The predicted molar refractivity (Wildman–Crippen MR) is 73.5 cm³/mol. The highest BCUT2D eigenvalue weighted by Crippen LogP contribution is 2.20. The van der Waals surface area contributed by atoms with Gasteiger partial charge in [0.25, 0.3) is 0 Å². The highest BCUT2D eigenvalue weighted by atomic mass is 16.5. The Morgan fingerprint density at radius 1 is 1.15 bits per heavy atom. The Morgan fingerprint density at radius 2 is 1.80 bits per heavy atom. The van der Waals surface area contributed by atoms with Crippen LogP contribution >= 0.6 is 0 Å². The molecule has 0 aromatic rings. The smallest absolute Gasteiger partial charge is 0.320 e. The molecule has 114 valence electrons. The predicted octanol–water partition coefficient (Wildman–Crippen LogP) is 1.40. The summed E-state index contributed by atoms with van der Waals surface area (Å²) in [7, 11) is 0. The molecule has 2 aliphatic rings. The van der Waals surface area contributed by atoms with Crippen molar-refractivity contribution in [2.75, 3.05) is 32.8 Å². The van der Waals surface area contributed by atoms with Gasteiger partial charge in [-0.3, -0.25) is 4.79 Å². The van der Waals surface area contributed by atoms with Gasteiger partial charge < -0.3 is 19.6 Å². The second kappa shape index (κ2) is 6.92. The largest absolute Gasteiger partial charge is 0.481 e. The molecule has 2 atom stereocenters. The Labute approximate surface area is 119 Å². The molecule has 2 amide bonds. The number of carboxylic acid groups (broad SMARTS) is 1. The lowest BCUT2D eigenvalue weighted by atomic mass is 9.98. The Bertz CT molecular complexity index is 359. The lowest BCUT2D eigenvalue weighted by molar-refractivity contribution is -0.143. The van der Waals surface area contributed by atoms with Gasteiger partial charge in [-0.2, -0.15) is 0 Å². The lowest BCUT2D eigenvalue weighted by Gasteiger charge is -2.38. The van der Waals surface area contributed by atoms with Gasteiger partial charge >= 0.3 is 12.0 Å². The fraction of sp³-hybridized carbons (Fsp3) is 0.857. The minimum Gasteiger partial charge on any atom is -0.481 e. The minimum atomic E-state index is -0.798. The van der Waals surface area contributed by atoms with Crippen molar-refractivity contribution in [3.05, 3.63) is 0 Å². The standard InChI is InChI=1S/C14H24N2O4/c1-2-20-12-6-4-8-16(10-12)14(19)15-7-3-5-11(9-15)13(17)18/h11-12H,2-10H2,1H3,(H,17,18). The molecule has 2 rings (SSSR count). The molecule has 6 nitrogen and oxygen atoms in total. The Balaban J connectivity index is 1.91. The number of hydrogen-bond acceptors (Lipinski definition) is 3. The summed E-state index contributed by atoms with van der Waals surface area (Å²) in [5, 5.41) is 9.09. The number of aliphatic carboxylic acids is 1. The normalized spacial score (nSPS) is 27.4. The number of carboxylic acids is 1. The first-order chi connectivity index (χ1) is 9.61. The molecule has 0 aromatic carbocycles. The van der Waals surface area contributed by atoms with Gasteiger partial charge in [-0.25, -0.2) is 4.79 Å². The van der Waals surface area contributed by atoms with Crippen LogP contribution in [-0.2, 0) is 9.53 Å². The van der Waals surface area contributed by atoms with Crippen molar-refractivity contribution in [1.82, 2.24) is 9.80 Å². The first-order valence-corrected chi connectivity index (χ1v) is 7.50. The number of hydrogen-bond donors (Lipinski definition) is 1. The van der Waals surface area contributed by atoms with Crippen LogP contribution in [0.4, 0.5) is 4.79 Å². The summed E-state index contributed by atoms with van der Waals surface area (Å²) >= 11 is 0. The molecule has 2 heterocycles. The van der Waals surface area contributed by atoms with Crippen LogP contribution in [0.2, 0.25) is 0 Å². The molecule has 6 heteroatoms. The van der Waals surface area contributed by atoms with Crippen molar-refractivity contribution in [3.8, 4) is 0 Å². The van der Waals surface area contributed by atoms with E-state index in [-0.39, 0.29) is 12.1 Å². The topological polar surface area (TPSA) is 70.1 Å². The summed E-state index contributed by atoms with van der Waals surface area (Å²) in [6, 6.07) is -0.0275. The maximum absolute atomic E-state index is 12.5. The zero-order valence-electron chi connectivity index (χ0n) is 12.1. The van der Waals surface area contributed by atoms with Gasteiger partial charge in [-0.1, -0.05) is 0 Å². The molecular formula is C14H24N2O4. The second-order valence-electron chi connectivity index (χ2n) is 5.57. The zero-order chi connectivity index (χ0) is 14.5. The molecule has 2 unspecified atom stereocenters. The van der Waals surface area contributed by atoms with Crippen LogP contribution in [-0.4, -0.2) is 65.8 Å². The number of nitrogens with zero attached hydrogens (tertiary/aromatic N) is 2. The lowest BCUT2D eigenvalue weighted by Crippen LogP contribution is -2.52. The van der Waals surface area contributed by atoms with Crippen LogP contribution in [0.25, 0.3) is 0 Å². The van der Waals surface area contributed by atoms with Crippen molar-refractivity contribution >= 4 is 12.0 Å². The number of rotatable bonds is 3. The van der Waals surface area contributed by atoms with Gasteiger partial charge in [-0.15, -0.1) is 0 Å². The third-order valence-electron chi connectivity index (χ3n) is 4.09. The van der Waals surface area contributed by atoms with E-state index >= 15 is 0 Å². The SMILES string of the molecule is CCOC1CCCN(C(=O)N2CCCC(C(=O)O)C2)C1. The fourth-order valence-corrected chi connectivity index (χ4v) is 3.04. The molecule has 2 fully saturated rings. The fourth-order valence-electron chi connectivity index (χ4n) is 3.04. The summed E-state index contributed by atoms with van der Waals surface area (Å²) in [6.45, 7) is 5.00. The number of amides is 2. The number of piperidine rings is 2. The molecular weight excluding hydrogens is 260 g/mol. The van der Waals surface area contributed by atoms with Crippen molar-refractivity contribution in [2.45, 2.75) is 38.7 Å². The third kappa shape index (κ3) is 3.62. The van der Waals surface area contributed by atoms with E-state index < -0.39 is 11.9 Å². The summed E-state index contributed by atoms with van der Waals surface area (Å²) in [4.78, 5) is 27.0. The number of carbonyl (C=O) groups is 2. The van der Waals surface area contributed by atoms with E-state index in [9.17, 15) is 9.59 Å². The van der Waals surface area contributed by atoms with E-state index in [0.717, 1.165) is 25.8 Å². The highest BCUT2D eigenvalue weighted by Gasteiger charge is 2.32. The Morgan fingerprint density at radius 3 is 2.45 bits per heavy atom. The van der Waals surface area contributed by atoms with E-state index in [4.69, 9.17) is 9.84 Å². The van der Waals surface area contributed by atoms with Crippen LogP contribution in [0.3, 0.4) is 0 Å². The Hall–Kier alpha value is -1.30. The molecule has 0 radical (unpaired) electrons. The summed E-state index contributed by atoms with van der Waals surface area (Å²) < 4.78 is 5.60. The summed E-state index contributed by atoms with van der Waals surface area (Å²) in [6.07, 6.45) is 3.51. The molecule has 20 heavy (non-hydrogen) atoms. The highest BCUT2D eigenvalue weighted by molar-refractivity contribution is 5.76. The van der Waals surface area contributed by atoms with Crippen molar-refractivity contribution < 1.29 is 19.4 Å². The molecule has 2 aliphatic heterocycles. The zero-order valence-corrected chi connectivity index (χ0v) is 12.1. The van der Waals surface area contributed by atoms with Crippen molar-refractivity contribution in [2.24, 2.45) is 5.92 Å². The average molecular weight is 284 g/mol.